The van der Waals surface area contributed by atoms with Gasteiger partial charge in [0.05, 0.1) is 32.5 Å². The van der Waals surface area contributed by atoms with Gasteiger partial charge in [-0.1, -0.05) is 0 Å². The van der Waals surface area contributed by atoms with Gasteiger partial charge in [0, 0.05) is 35.9 Å². The van der Waals surface area contributed by atoms with Crippen molar-refractivity contribution in [3.8, 4) is 28.7 Å². The number of anilines is 2. The predicted molar refractivity (Wildman–Crippen MR) is 136 cm³/mol. The molecule has 0 fully saturated rings. The first kappa shape index (κ1) is 24.6. The van der Waals surface area contributed by atoms with Gasteiger partial charge in [-0.15, -0.1) is 0 Å². The Bertz CT molecular complexity index is 1380. The Hall–Kier alpha value is -4.53. The molecule has 9 heteroatoms. The van der Waals surface area contributed by atoms with Gasteiger partial charge in [0.25, 0.3) is 0 Å². The number of amides is 2. The number of benzene rings is 3. The molecule has 0 aliphatic rings. The second-order valence-electron chi connectivity index (χ2n) is 7.65. The van der Waals surface area contributed by atoms with E-state index in [-0.39, 0.29) is 11.8 Å². The maximum atomic E-state index is 13.3. The Balaban J connectivity index is 1.58. The summed E-state index contributed by atoms with van der Waals surface area (Å²) < 4.78 is 35.7. The Kier molecular flexibility index (Phi) is 7.39. The molecule has 0 bridgehead atoms. The summed E-state index contributed by atoms with van der Waals surface area (Å²) in [5, 5.41) is 3.59. The van der Waals surface area contributed by atoms with Crippen LogP contribution in [0, 0.1) is 5.82 Å². The summed E-state index contributed by atoms with van der Waals surface area (Å²) in [5.74, 6) is 2.23. The van der Waals surface area contributed by atoms with Gasteiger partial charge in [-0.3, -0.25) is 9.88 Å². The average Bonchev–Trinajstić information content (AvgIpc) is 2.90. The number of rotatable bonds is 8. The van der Waals surface area contributed by atoms with E-state index < -0.39 is 0 Å². The van der Waals surface area contributed by atoms with Crippen LogP contribution in [-0.2, 0) is 0 Å². The van der Waals surface area contributed by atoms with Crippen molar-refractivity contribution in [1.29, 1.82) is 0 Å². The number of fused-ring (bicyclic) bond motifs is 1. The molecule has 0 spiro atoms. The number of ether oxygens (including phenoxy) is 4. The lowest BCUT2D eigenvalue weighted by molar-refractivity contribution is 0.257. The van der Waals surface area contributed by atoms with Crippen molar-refractivity contribution in [2.75, 3.05) is 38.1 Å². The summed E-state index contributed by atoms with van der Waals surface area (Å²) in [6.07, 6.45) is 1.64. The monoisotopic (exact) mass is 491 g/mol. The molecule has 8 nitrogen and oxygen atoms in total. The zero-order chi connectivity index (χ0) is 25.7. The topological polar surface area (TPSA) is 82.2 Å². The fourth-order valence-corrected chi connectivity index (χ4v) is 3.75. The number of carbonyl (C=O) groups is 1. The van der Waals surface area contributed by atoms with Crippen LogP contribution < -0.4 is 29.2 Å². The van der Waals surface area contributed by atoms with Gasteiger partial charge in [-0.25, -0.2) is 9.18 Å². The van der Waals surface area contributed by atoms with Crippen LogP contribution in [0.5, 0.6) is 28.7 Å². The van der Waals surface area contributed by atoms with Crippen LogP contribution in [0.4, 0.5) is 20.6 Å². The predicted octanol–water partition coefficient (Wildman–Crippen LogP) is 6.25. The Labute approximate surface area is 208 Å². The highest BCUT2D eigenvalue weighted by atomic mass is 19.1. The van der Waals surface area contributed by atoms with Gasteiger partial charge < -0.3 is 24.3 Å². The standard InChI is InChI=1S/C27H26FN3O5/c1-5-31(18-8-6-17(28)7-9-18)27(32)30-21-11-10-19(14-24(21)33-2)36-23-12-13-29-22-16-26(35-4)25(34-3)15-20(22)23/h6-16H,5H2,1-4H3,(H,30,32). The van der Waals surface area contributed by atoms with Gasteiger partial charge >= 0.3 is 6.03 Å². The van der Waals surface area contributed by atoms with Gasteiger partial charge in [0.1, 0.15) is 23.1 Å². The minimum Gasteiger partial charge on any atom is -0.494 e. The summed E-state index contributed by atoms with van der Waals surface area (Å²) in [5.41, 5.74) is 1.72. The van der Waals surface area contributed by atoms with Crippen LogP contribution in [0.25, 0.3) is 10.9 Å². The Morgan fingerprint density at radius 3 is 2.25 bits per heavy atom. The maximum absolute atomic E-state index is 13.3. The molecule has 1 N–H and O–H groups in total. The molecule has 3 aromatic carbocycles. The van der Waals surface area contributed by atoms with Gasteiger partial charge in [0.2, 0.25) is 0 Å². The molecule has 2 amide bonds. The van der Waals surface area contributed by atoms with Crippen LogP contribution >= 0.6 is 0 Å². The highest BCUT2D eigenvalue weighted by Gasteiger charge is 2.17. The number of nitrogens with zero attached hydrogens (tertiary/aromatic N) is 2. The number of hydrogen-bond donors (Lipinski definition) is 1. The van der Waals surface area contributed by atoms with Gasteiger partial charge in [-0.2, -0.15) is 0 Å². The third-order valence-corrected chi connectivity index (χ3v) is 5.55. The first-order chi connectivity index (χ1) is 17.5. The number of hydrogen-bond acceptors (Lipinski definition) is 6. The minimum absolute atomic E-state index is 0.368. The van der Waals surface area contributed by atoms with E-state index in [4.69, 9.17) is 18.9 Å². The largest absolute Gasteiger partial charge is 0.494 e. The number of pyridine rings is 1. The van der Waals surface area contributed by atoms with E-state index in [1.165, 1.54) is 24.1 Å². The molecule has 36 heavy (non-hydrogen) atoms. The van der Waals surface area contributed by atoms with Crippen molar-refractivity contribution in [2.45, 2.75) is 6.92 Å². The molecule has 0 saturated carbocycles. The van der Waals surface area contributed by atoms with Crippen molar-refractivity contribution in [1.82, 2.24) is 4.98 Å². The van der Waals surface area contributed by atoms with E-state index in [0.29, 0.717) is 52.2 Å². The van der Waals surface area contributed by atoms with E-state index in [2.05, 4.69) is 10.3 Å². The van der Waals surface area contributed by atoms with Crippen LogP contribution in [0.15, 0.2) is 66.9 Å². The van der Waals surface area contributed by atoms with Crippen molar-refractivity contribution >= 4 is 28.3 Å². The van der Waals surface area contributed by atoms with Crippen LogP contribution in [0.3, 0.4) is 0 Å². The van der Waals surface area contributed by atoms with Crippen molar-refractivity contribution in [3.05, 3.63) is 72.7 Å². The van der Waals surface area contributed by atoms with Crippen molar-refractivity contribution in [2.24, 2.45) is 0 Å². The molecule has 0 aliphatic carbocycles. The highest BCUT2D eigenvalue weighted by Crippen LogP contribution is 2.38. The molecule has 4 rings (SSSR count). The van der Waals surface area contributed by atoms with Crippen LogP contribution in [0.2, 0.25) is 0 Å². The number of methoxy groups -OCH3 is 3. The summed E-state index contributed by atoms with van der Waals surface area (Å²) >= 11 is 0. The van der Waals surface area contributed by atoms with Gasteiger partial charge in [-0.05, 0) is 55.5 Å². The zero-order valence-electron chi connectivity index (χ0n) is 20.4. The van der Waals surface area contributed by atoms with E-state index in [1.54, 1.807) is 68.9 Å². The van der Waals surface area contributed by atoms with E-state index in [1.807, 2.05) is 6.92 Å². The Morgan fingerprint density at radius 2 is 1.58 bits per heavy atom. The third kappa shape index (κ3) is 5.10. The van der Waals surface area contributed by atoms with Gasteiger partial charge in [0.15, 0.2) is 11.5 Å². The second kappa shape index (κ2) is 10.8. The molecule has 1 aromatic heterocycles. The number of halogens is 1. The fourth-order valence-electron chi connectivity index (χ4n) is 3.75. The quantitative estimate of drug-likeness (QED) is 0.314. The maximum Gasteiger partial charge on any atom is 0.326 e. The minimum atomic E-state index is -0.378. The molecule has 0 radical (unpaired) electrons. The summed E-state index contributed by atoms with van der Waals surface area (Å²) in [6, 6.07) is 15.8. The fraction of sp³-hybridized carbons (Fsp3) is 0.185. The molecule has 4 aromatic rings. The average molecular weight is 492 g/mol. The van der Waals surface area contributed by atoms with Crippen LogP contribution in [-0.4, -0.2) is 38.9 Å². The smallest absolute Gasteiger partial charge is 0.326 e. The first-order valence-corrected chi connectivity index (χ1v) is 11.2. The van der Waals surface area contributed by atoms with Crippen LogP contribution in [0.1, 0.15) is 6.92 Å². The molecule has 0 aliphatic heterocycles. The second-order valence-corrected chi connectivity index (χ2v) is 7.65. The zero-order valence-corrected chi connectivity index (χ0v) is 20.4. The first-order valence-electron chi connectivity index (χ1n) is 11.2. The number of urea groups is 1. The lowest BCUT2D eigenvalue weighted by Gasteiger charge is -2.22. The normalized spacial score (nSPS) is 10.6. The number of aromatic nitrogens is 1. The third-order valence-electron chi connectivity index (χ3n) is 5.55. The van der Waals surface area contributed by atoms with E-state index in [0.717, 1.165) is 5.39 Å². The molecular formula is C27H26FN3O5. The summed E-state index contributed by atoms with van der Waals surface area (Å²) in [4.78, 5) is 18.8. The summed E-state index contributed by atoms with van der Waals surface area (Å²) in [7, 11) is 4.63. The van der Waals surface area contributed by atoms with E-state index >= 15 is 0 Å². The summed E-state index contributed by atoms with van der Waals surface area (Å²) in [6.45, 7) is 2.23. The highest BCUT2D eigenvalue weighted by molar-refractivity contribution is 6.02. The van der Waals surface area contributed by atoms with Crippen molar-refractivity contribution < 1.29 is 28.1 Å². The lowest BCUT2D eigenvalue weighted by Crippen LogP contribution is -2.34. The Morgan fingerprint density at radius 1 is 0.889 bits per heavy atom. The molecule has 1 heterocycles. The number of nitrogens with one attached hydrogen (secondary N) is 1. The van der Waals surface area contributed by atoms with E-state index in [9.17, 15) is 9.18 Å². The molecule has 186 valence electrons. The molecule has 0 saturated heterocycles. The molecular weight excluding hydrogens is 465 g/mol. The molecule has 0 unspecified atom stereocenters. The lowest BCUT2D eigenvalue weighted by atomic mass is 10.2. The molecule has 0 atom stereocenters. The number of carbonyl (C=O) groups excluding carboxylic acids is 1. The van der Waals surface area contributed by atoms with Crippen molar-refractivity contribution in [3.63, 3.8) is 0 Å². The SMILES string of the molecule is CCN(C(=O)Nc1ccc(Oc2ccnc3cc(OC)c(OC)cc23)cc1OC)c1ccc(F)cc1.